The summed E-state index contributed by atoms with van der Waals surface area (Å²) in [6.07, 6.45) is 5.79. The van der Waals surface area contributed by atoms with Crippen LogP contribution in [-0.4, -0.2) is 64.9 Å². The fourth-order valence-corrected chi connectivity index (χ4v) is 3.89. The minimum absolute atomic E-state index is 0.187. The van der Waals surface area contributed by atoms with E-state index in [1.165, 1.54) is 0 Å². The highest BCUT2D eigenvalue weighted by atomic mass is 16.2. The highest BCUT2D eigenvalue weighted by Gasteiger charge is 2.34. The van der Waals surface area contributed by atoms with Gasteiger partial charge in [-0.3, -0.25) is 9.69 Å². The maximum Gasteiger partial charge on any atom is 0.244 e. The summed E-state index contributed by atoms with van der Waals surface area (Å²) >= 11 is 0. The lowest BCUT2D eigenvalue weighted by atomic mass is 10.0. The van der Waals surface area contributed by atoms with Crippen LogP contribution in [-0.2, 0) is 4.79 Å². The quantitative estimate of drug-likeness (QED) is 0.843. The maximum absolute atomic E-state index is 13.2. The monoisotopic (exact) mass is 351 g/mol. The number of piperazine rings is 1. The van der Waals surface area contributed by atoms with Crippen LogP contribution in [0.25, 0.3) is 0 Å². The Morgan fingerprint density at radius 2 is 1.50 bits per heavy atom. The van der Waals surface area contributed by atoms with Gasteiger partial charge in [0.25, 0.3) is 0 Å². The van der Waals surface area contributed by atoms with Crippen LogP contribution >= 0.6 is 0 Å². The lowest BCUT2D eigenvalue weighted by molar-refractivity contribution is -0.136. The molecule has 2 aliphatic heterocycles. The van der Waals surface area contributed by atoms with Crippen LogP contribution in [0, 0.1) is 0 Å². The van der Waals surface area contributed by atoms with Gasteiger partial charge in [0.15, 0.2) is 0 Å². The van der Waals surface area contributed by atoms with Crippen molar-refractivity contribution in [1.29, 1.82) is 0 Å². The largest absolute Gasteiger partial charge is 0.341 e. The van der Waals surface area contributed by atoms with Gasteiger partial charge in [0, 0.05) is 51.7 Å². The summed E-state index contributed by atoms with van der Waals surface area (Å²) in [5.74, 6) is 1.02. The molecule has 4 rings (SSSR count). The second kappa shape index (κ2) is 7.83. The first-order valence-electron chi connectivity index (χ1n) is 9.43. The second-order valence-corrected chi connectivity index (χ2v) is 6.92. The number of aromatic nitrogens is 2. The van der Waals surface area contributed by atoms with E-state index in [1.807, 2.05) is 29.2 Å². The predicted octanol–water partition coefficient (Wildman–Crippen LogP) is 1.96. The molecule has 0 bridgehead atoms. The first-order valence-corrected chi connectivity index (χ1v) is 9.43. The third-order valence-electron chi connectivity index (χ3n) is 5.28. The number of nitrogens with zero attached hydrogens (tertiary/aromatic N) is 5. The highest BCUT2D eigenvalue weighted by Crippen LogP contribution is 2.27. The molecule has 6 nitrogen and oxygen atoms in total. The Labute approximate surface area is 154 Å². The lowest BCUT2D eigenvalue weighted by Gasteiger charge is -2.39. The van der Waals surface area contributed by atoms with E-state index >= 15 is 0 Å². The van der Waals surface area contributed by atoms with E-state index in [0.29, 0.717) is 0 Å². The van der Waals surface area contributed by atoms with Crippen LogP contribution in [0.5, 0.6) is 0 Å². The van der Waals surface area contributed by atoms with Crippen LogP contribution in [0.2, 0.25) is 0 Å². The third-order valence-corrected chi connectivity index (χ3v) is 5.28. The van der Waals surface area contributed by atoms with Crippen molar-refractivity contribution in [3.8, 4) is 0 Å². The van der Waals surface area contributed by atoms with Crippen LogP contribution in [0.1, 0.15) is 24.4 Å². The summed E-state index contributed by atoms with van der Waals surface area (Å²) in [5.41, 5.74) is 1.09. The Hall–Kier alpha value is -2.47. The molecule has 26 heavy (non-hydrogen) atoms. The van der Waals surface area contributed by atoms with Crippen molar-refractivity contribution in [1.82, 2.24) is 19.8 Å². The molecule has 1 amide bonds. The fourth-order valence-electron chi connectivity index (χ4n) is 3.89. The number of anilines is 1. The molecule has 2 saturated heterocycles. The zero-order valence-electron chi connectivity index (χ0n) is 15.0. The van der Waals surface area contributed by atoms with Gasteiger partial charge in [-0.25, -0.2) is 9.97 Å². The Morgan fingerprint density at radius 1 is 0.846 bits per heavy atom. The topological polar surface area (TPSA) is 52.6 Å². The Morgan fingerprint density at radius 3 is 2.15 bits per heavy atom. The molecule has 1 aromatic heterocycles. The molecule has 6 heteroatoms. The number of rotatable bonds is 4. The van der Waals surface area contributed by atoms with E-state index in [9.17, 15) is 4.79 Å². The SMILES string of the molecule is O=C([C@H](c1ccccc1)N1CCN(c2ncccn2)CC1)N1CCCC1. The van der Waals surface area contributed by atoms with Gasteiger partial charge in [-0.15, -0.1) is 0 Å². The molecule has 0 N–H and O–H groups in total. The van der Waals surface area contributed by atoms with Gasteiger partial charge >= 0.3 is 0 Å². The Balaban J connectivity index is 1.51. The van der Waals surface area contributed by atoms with Gasteiger partial charge < -0.3 is 9.80 Å². The average molecular weight is 351 g/mol. The molecule has 3 heterocycles. The molecule has 0 spiro atoms. The predicted molar refractivity (Wildman–Crippen MR) is 101 cm³/mol. The zero-order valence-corrected chi connectivity index (χ0v) is 15.0. The molecular weight excluding hydrogens is 326 g/mol. The molecule has 2 aliphatic rings. The van der Waals surface area contributed by atoms with Crippen LogP contribution in [0.15, 0.2) is 48.8 Å². The first-order chi connectivity index (χ1) is 12.8. The molecule has 0 aliphatic carbocycles. The number of likely N-dealkylation sites (tertiary alicyclic amines) is 1. The Bertz CT molecular complexity index is 709. The molecule has 0 radical (unpaired) electrons. The van der Waals surface area contributed by atoms with Crippen molar-refractivity contribution < 1.29 is 4.79 Å². The van der Waals surface area contributed by atoms with E-state index in [-0.39, 0.29) is 11.9 Å². The number of benzene rings is 1. The minimum atomic E-state index is -0.187. The molecule has 0 saturated carbocycles. The van der Waals surface area contributed by atoms with Gasteiger partial charge in [-0.1, -0.05) is 30.3 Å². The number of hydrogen-bond donors (Lipinski definition) is 0. The molecule has 0 unspecified atom stereocenters. The first kappa shape index (κ1) is 17.0. The van der Waals surface area contributed by atoms with E-state index in [4.69, 9.17) is 0 Å². The van der Waals surface area contributed by atoms with Crippen molar-refractivity contribution in [3.63, 3.8) is 0 Å². The molecule has 2 aromatic rings. The van der Waals surface area contributed by atoms with Crippen molar-refractivity contribution in [3.05, 3.63) is 54.4 Å². The standard InChI is InChI=1S/C20H25N5O/c26-19(24-11-4-5-12-24)18(17-7-2-1-3-8-17)23-13-15-25(16-14-23)20-21-9-6-10-22-20/h1-3,6-10,18H,4-5,11-16H2/t18-/m0/s1. The van der Waals surface area contributed by atoms with E-state index in [2.05, 4.69) is 31.9 Å². The smallest absolute Gasteiger partial charge is 0.244 e. The van der Waals surface area contributed by atoms with Crippen molar-refractivity contribution >= 4 is 11.9 Å². The fraction of sp³-hybridized carbons (Fsp3) is 0.450. The van der Waals surface area contributed by atoms with Crippen LogP contribution in [0.4, 0.5) is 5.95 Å². The third kappa shape index (κ3) is 3.55. The average Bonchev–Trinajstić information content (AvgIpc) is 3.25. The van der Waals surface area contributed by atoms with Crippen LogP contribution < -0.4 is 4.90 Å². The van der Waals surface area contributed by atoms with Gasteiger partial charge in [0.05, 0.1) is 0 Å². The van der Waals surface area contributed by atoms with Gasteiger partial charge in [0.2, 0.25) is 11.9 Å². The number of hydrogen-bond acceptors (Lipinski definition) is 5. The summed E-state index contributed by atoms with van der Waals surface area (Å²) in [6, 6.07) is 11.8. The molecule has 1 atom stereocenters. The van der Waals surface area contributed by atoms with E-state index in [0.717, 1.165) is 63.6 Å². The second-order valence-electron chi connectivity index (χ2n) is 6.92. The molecule has 136 valence electrons. The molecule has 1 aromatic carbocycles. The maximum atomic E-state index is 13.2. The highest BCUT2D eigenvalue weighted by molar-refractivity contribution is 5.83. The number of carbonyl (C=O) groups excluding carboxylic acids is 1. The van der Waals surface area contributed by atoms with Gasteiger partial charge in [-0.2, -0.15) is 0 Å². The zero-order chi connectivity index (χ0) is 17.8. The summed E-state index contributed by atoms with van der Waals surface area (Å²) in [5, 5.41) is 0. The molecule has 2 fully saturated rings. The number of amides is 1. The van der Waals surface area contributed by atoms with Crippen molar-refractivity contribution in [2.75, 3.05) is 44.2 Å². The minimum Gasteiger partial charge on any atom is -0.341 e. The van der Waals surface area contributed by atoms with Crippen molar-refractivity contribution in [2.45, 2.75) is 18.9 Å². The van der Waals surface area contributed by atoms with E-state index in [1.54, 1.807) is 12.4 Å². The lowest BCUT2D eigenvalue weighted by Crippen LogP contribution is -2.51. The van der Waals surface area contributed by atoms with E-state index < -0.39 is 0 Å². The van der Waals surface area contributed by atoms with Gasteiger partial charge in [-0.05, 0) is 24.5 Å². The van der Waals surface area contributed by atoms with Crippen LogP contribution in [0.3, 0.4) is 0 Å². The molecular formula is C20H25N5O. The summed E-state index contributed by atoms with van der Waals surface area (Å²) in [6.45, 7) is 5.11. The Kier molecular flexibility index (Phi) is 5.11. The summed E-state index contributed by atoms with van der Waals surface area (Å²) in [7, 11) is 0. The summed E-state index contributed by atoms with van der Waals surface area (Å²) < 4.78 is 0. The summed E-state index contributed by atoms with van der Waals surface area (Å²) in [4.78, 5) is 28.5. The number of carbonyl (C=O) groups is 1. The normalized spacial score (nSPS) is 19.5. The van der Waals surface area contributed by atoms with Crippen molar-refractivity contribution in [2.24, 2.45) is 0 Å². The van der Waals surface area contributed by atoms with Gasteiger partial charge in [0.1, 0.15) is 6.04 Å².